The Labute approximate surface area is 211 Å². The van der Waals surface area contributed by atoms with Crippen molar-refractivity contribution in [3.05, 3.63) is 60.2 Å². The molecule has 0 aromatic heterocycles. The van der Waals surface area contributed by atoms with Crippen LogP contribution in [0.3, 0.4) is 0 Å². The van der Waals surface area contributed by atoms with Crippen LogP contribution < -0.4 is 20.9 Å². The minimum absolute atomic E-state index is 0. The number of likely N-dealkylation sites (tertiary alicyclic amines) is 1. The maximum absolute atomic E-state index is 12.4. The van der Waals surface area contributed by atoms with Crippen LogP contribution >= 0.6 is 24.0 Å². The summed E-state index contributed by atoms with van der Waals surface area (Å²) in [4.78, 5) is 32.7. The number of nitrogens with zero attached hydrogens (tertiary/aromatic N) is 3. The molecule has 8 nitrogen and oxygen atoms in total. The molecule has 0 radical (unpaired) electrons. The lowest BCUT2D eigenvalue weighted by Crippen LogP contribution is -2.44. The number of benzene rings is 2. The van der Waals surface area contributed by atoms with Crippen LogP contribution in [-0.4, -0.2) is 55.5 Å². The van der Waals surface area contributed by atoms with E-state index < -0.39 is 0 Å². The number of carbonyl (C=O) groups excluding carboxylic acids is 2. The number of guanidine groups is 1. The zero-order valence-corrected chi connectivity index (χ0v) is 21.1. The number of hydrogen-bond acceptors (Lipinski definition) is 3. The summed E-state index contributed by atoms with van der Waals surface area (Å²) in [7, 11) is 1.72. The average Bonchev–Trinajstić information content (AvgIpc) is 3.47. The van der Waals surface area contributed by atoms with E-state index in [1.807, 2.05) is 59.5 Å². The van der Waals surface area contributed by atoms with Crippen LogP contribution in [0.15, 0.2) is 59.6 Å². The Morgan fingerprint density at radius 2 is 1.85 bits per heavy atom. The van der Waals surface area contributed by atoms with E-state index in [2.05, 4.69) is 20.9 Å². The number of anilines is 2. The molecule has 0 spiro atoms. The molecule has 2 saturated heterocycles. The topological polar surface area (TPSA) is 89.1 Å². The molecule has 9 heteroatoms. The molecule has 2 aromatic rings. The summed E-state index contributed by atoms with van der Waals surface area (Å²) in [6.45, 7) is 2.79. The van der Waals surface area contributed by atoms with Crippen LogP contribution in [0.5, 0.6) is 0 Å². The van der Waals surface area contributed by atoms with Gasteiger partial charge in [0, 0.05) is 51.0 Å². The molecule has 2 fully saturated rings. The molecule has 176 valence electrons. The number of carbonyl (C=O) groups is 2. The molecule has 33 heavy (non-hydrogen) atoms. The van der Waals surface area contributed by atoms with Crippen molar-refractivity contribution in [3.8, 4) is 0 Å². The largest absolute Gasteiger partial charge is 0.352 e. The number of aliphatic imine (C=N–C) groups is 1. The smallest absolute Gasteiger partial charge is 0.321 e. The maximum Gasteiger partial charge on any atom is 0.321 e. The third-order valence-electron chi connectivity index (χ3n) is 5.79. The lowest BCUT2D eigenvalue weighted by molar-refractivity contribution is -0.117. The van der Waals surface area contributed by atoms with E-state index in [1.54, 1.807) is 11.9 Å². The molecule has 2 aliphatic heterocycles. The number of nitrogens with one attached hydrogen (secondary N) is 3. The normalized spacial score (nSPS) is 18.2. The quantitative estimate of drug-likeness (QED) is 0.296. The summed E-state index contributed by atoms with van der Waals surface area (Å²) in [6, 6.07) is 17.4. The van der Waals surface area contributed by atoms with Crippen molar-refractivity contribution in [2.45, 2.75) is 31.8 Å². The van der Waals surface area contributed by atoms with Gasteiger partial charge in [0.2, 0.25) is 5.91 Å². The van der Waals surface area contributed by atoms with Gasteiger partial charge in [-0.25, -0.2) is 4.79 Å². The van der Waals surface area contributed by atoms with Crippen molar-refractivity contribution in [1.82, 2.24) is 15.5 Å². The SMILES string of the molecule is CN=C(NCc1cccc(NC(=O)N2CCCC2)c1)NC1CC(=O)N(c2ccccc2)C1.I. The summed E-state index contributed by atoms with van der Waals surface area (Å²) in [6.07, 6.45) is 2.56. The van der Waals surface area contributed by atoms with Gasteiger partial charge in [0.1, 0.15) is 0 Å². The van der Waals surface area contributed by atoms with Crippen LogP contribution in [0.25, 0.3) is 0 Å². The first-order chi connectivity index (χ1) is 15.6. The highest BCUT2D eigenvalue weighted by atomic mass is 127. The second kappa shape index (κ2) is 11.9. The fourth-order valence-electron chi connectivity index (χ4n) is 4.12. The molecule has 1 unspecified atom stereocenters. The van der Waals surface area contributed by atoms with Gasteiger partial charge in [0.25, 0.3) is 0 Å². The van der Waals surface area contributed by atoms with Crippen molar-refractivity contribution in [2.24, 2.45) is 4.99 Å². The standard InChI is InChI=1S/C24H30N6O2.HI/c1-25-23(27-20-15-22(31)30(17-20)21-10-3-2-4-11-21)26-16-18-8-7-9-19(14-18)28-24(32)29-12-5-6-13-29;/h2-4,7-11,14,20H,5-6,12-13,15-17H2,1H3,(H,28,32)(H2,25,26,27);1H. The van der Waals surface area contributed by atoms with Crippen LogP contribution in [-0.2, 0) is 11.3 Å². The Kier molecular flexibility index (Phi) is 8.93. The fraction of sp³-hybridized carbons (Fsp3) is 0.375. The lowest BCUT2D eigenvalue weighted by atomic mass is 10.2. The number of rotatable bonds is 5. The van der Waals surface area contributed by atoms with Crippen molar-refractivity contribution in [2.75, 3.05) is 36.9 Å². The second-order valence-corrected chi connectivity index (χ2v) is 8.14. The van der Waals surface area contributed by atoms with Crippen LogP contribution in [0.2, 0.25) is 0 Å². The fourth-order valence-corrected chi connectivity index (χ4v) is 4.12. The number of urea groups is 1. The summed E-state index contributed by atoms with van der Waals surface area (Å²) >= 11 is 0. The summed E-state index contributed by atoms with van der Waals surface area (Å²) < 4.78 is 0. The molecule has 3 N–H and O–H groups in total. The van der Waals surface area contributed by atoms with Crippen molar-refractivity contribution in [1.29, 1.82) is 0 Å². The molecule has 1 atom stereocenters. The van der Waals surface area contributed by atoms with Crippen LogP contribution in [0.1, 0.15) is 24.8 Å². The second-order valence-electron chi connectivity index (χ2n) is 8.14. The minimum Gasteiger partial charge on any atom is -0.352 e. The predicted octanol–water partition coefficient (Wildman–Crippen LogP) is 3.40. The molecule has 2 aliphatic rings. The molecule has 0 bridgehead atoms. The zero-order valence-electron chi connectivity index (χ0n) is 18.8. The molecular weight excluding hydrogens is 531 g/mol. The third kappa shape index (κ3) is 6.59. The van der Waals surface area contributed by atoms with Gasteiger partial charge >= 0.3 is 6.03 Å². The van der Waals surface area contributed by atoms with Gasteiger partial charge in [0.05, 0.1) is 6.04 Å². The van der Waals surface area contributed by atoms with E-state index in [1.165, 1.54) is 0 Å². The highest BCUT2D eigenvalue weighted by Gasteiger charge is 2.31. The van der Waals surface area contributed by atoms with E-state index in [0.29, 0.717) is 25.5 Å². The maximum atomic E-state index is 12.4. The molecular formula is C24H31IN6O2. The number of halogens is 1. The molecule has 0 aliphatic carbocycles. The highest BCUT2D eigenvalue weighted by Crippen LogP contribution is 2.21. The lowest BCUT2D eigenvalue weighted by Gasteiger charge is -2.19. The van der Waals surface area contributed by atoms with E-state index >= 15 is 0 Å². The van der Waals surface area contributed by atoms with Gasteiger partial charge < -0.3 is 25.8 Å². The van der Waals surface area contributed by atoms with E-state index in [4.69, 9.17) is 0 Å². The molecule has 2 heterocycles. The number of para-hydroxylation sites is 1. The van der Waals surface area contributed by atoms with Gasteiger partial charge in [0.15, 0.2) is 5.96 Å². The Morgan fingerprint density at radius 1 is 1.09 bits per heavy atom. The summed E-state index contributed by atoms with van der Waals surface area (Å²) in [5, 5.41) is 9.63. The van der Waals surface area contributed by atoms with Gasteiger partial charge in [-0.05, 0) is 42.7 Å². The Morgan fingerprint density at radius 3 is 2.58 bits per heavy atom. The third-order valence-corrected chi connectivity index (χ3v) is 5.79. The predicted molar refractivity (Wildman–Crippen MR) is 142 cm³/mol. The first-order valence-electron chi connectivity index (χ1n) is 11.1. The summed E-state index contributed by atoms with van der Waals surface area (Å²) in [5.41, 5.74) is 2.72. The highest BCUT2D eigenvalue weighted by molar-refractivity contribution is 14.0. The van der Waals surface area contributed by atoms with E-state index in [9.17, 15) is 9.59 Å². The zero-order chi connectivity index (χ0) is 22.3. The molecule has 3 amide bonds. The average molecular weight is 562 g/mol. The Hall–Kier alpha value is -2.82. The Balaban J connectivity index is 0.00000306. The monoisotopic (exact) mass is 562 g/mol. The van der Waals surface area contributed by atoms with Crippen molar-refractivity contribution in [3.63, 3.8) is 0 Å². The van der Waals surface area contributed by atoms with Crippen LogP contribution in [0, 0.1) is 0 Å². The van der Waals surface area contributed by atoms with Gasteiger partial charge in [-0.1, -0.05) is 30.3 Å². The van der Waals surface area contributed by atoms with E-state index in [0.717, 1.165) is 42.9 Å². The van der Waals surface area contributed by atoms with Crippen molar-refractivity contribution >= 4 is 53.2 Å². The molecule has 0 saturated carbocycles. The van der Waals surface area contributed by atoms with Crippen LogP contribution in [0.4, 0.5) is 16.2 Å². The molecule has 2 aromatic carbocycles. The van der Waals surface area contributed by atoms with Gasteiger partial charge in [-0.15, -0.1) is 24.0 Å². The van der Waals surface area contributed by atoms with Crippen molar-refractivity contribution < 1.29 is 9.59 Å². The first-order valence-corrected chi connectivity index (χ1v) is 11.1. The molecule has 4 rings (SSSR count). The van der Waals surface area contributed by atoms with Gasteiger partial charge in [-0.3, -0.25) is 9.79 Å². The summed E-state index contributed by atoms with van der Waals surface area (Å²) in [5.74, 6) is 0.745. The van der Waals surface area contributed by atoms with E-state index in [-0.39, 0.29) is 42.0 Å². The Bertz CT molecular complexity index is 978. The number of hydrogen-bond donors (Lipinski definition) is 3. The van der Waals surface area contributed by atoms with Gasteiger partial charge in [-0.2, -0.15) is 0 Å². The number of amides is 3. The minimum atomic E-state index is -0.0426. The first kappa shape index (κ1) is 24.8.